The summed E-state index contributed by atoms with van der Waals surface area (Å²) in [6.07, 6.45) is 7.90. The van der Waals surface area contributed by atoms with Crippen LogP contribution in [-0.2, 0) is 19.1 Å². The van der Waals surface area contributed by atoms with Crippen LogP contribution in [0.3, 0.4) is 0 Å². The SMILES string of the molecule is Cc1cc(NC(=O)CSCC(=O)OCC(=O)NC2CCCCCCC2)no1. The predicted octanol–water partition coefficient (Wildman–Crippen LogP) is 2.43. The van der Waals surface area contributed by atoms with Gasteiger partial charge in [0, 0.05) is 12.1 Å². The maximum absolute atomic E-state index is 11.9. The number of thioether (sulfide) groups is 1. The third-order valence-electron chi connectivity index (χ3n) is 4.18. The average Bonchev–Trinajstić information content (AvgIpc) is 3.00. The number of nitrogens with zero attached hydrogens (tertiary/aromatic N) is 1. The maximum atomic E-state index is 11.9. The van der Waals surface area contributed by atoms with E-state index < -0.39 is 5.97 Å². The van der Waals surface area contributed by atoms with Crippen molar-refractivity contribution in [3.63, 3.8) is 0 Å². The monoisotopic (exact) mass is 397 g/mol. The van der Waals surface area contributed by atoms with Crippen molar-refractivity contribution in [3.05, 3.63) is 11.8 Å². The number of carbonyl (C=O) groups excluding carboxylic acids is 3. The van der Waals surface area contributed by atoms with Crippen LogP contribution in [0.4, 0.5) is 5.82 Å². The Balaban J connectivity index is 1.55. The zero-order chi connectivity index (χ0) is 19.5. The molecule has 0 saturated heterocycles. The highest BCUT2D eigenvalue weighted by Crippen LogP contribution is 2.17. The van der Waals surface area contributed by atoms with Crippen LogP contribution in [0.15, 0.2) is 10.6 Å². The van der Waals surface area contributed by atoms with Gasteiger partial charge < -0.3 is 19.9 Å². The van der Waals surface area contributed by atoms with Gasteiger partial charge in [-0.05, 0) is 19.8 Å². The molecule has 27 heavy (non-hydrogen) atoms. The highest BCUT2D eigenvalue weighted by Gasteiger charge is 2.15. The van der Waals surface area contributed by atoms with Gasteiger partial charge >= 0.3 is 5.97 Å². The molecule has 0 unspecified atom stereocenters. The topological polar surface area (TPSA) is 111 Å². The lowest BCUT2D eigenvalue weighted by atomic mass is 9.97. The Kier molecular flexibility index (Phi) is 9.17. The first-order chi connectivity index (χ1) is 13.0. The number of hydrogen-bond donors (Lipinski definition) is 2. The Labute approximate surface area is 163 Å². The van der Waals surface area contributed by atoms with Crippen LogP contribution in [-0.4, -0.2) is 47.1 Å². The summed E-state index contributed by atoms with van der Waals surface area (Å²) in [5.41, 5.74) is 0. The fourth-order valence-corrected chi connectivity index (χ4v) is 3.50. The van der Waals surface area contributed by atoms with E-state index in [4.69, 9.17) is 9.26 Å². The van der Waals surface area contributed by atoms with Crippen molar-refractivity contribution < 1.29 is 23.6 Å². The zero-order valence-corrected chi connectivity index (χ0v) is 16.4. The largest absolute Gasteiger partial charge is 0.455 e. The molecule has 1 aromatic rings. The van der Waals surface area contributed by atoms with Crippen LogP contribution in [0.25, 0.3) is 0 Å². The van der Waals surface area contributed by atoms with Crippen LogP contribution < -0.4 is 10.6 Å². The molecular formula is C18H27N3O5S. The molecule has 0 aliphatic heterocycles. The van der Waals surface area contributed by atoms with Gasteiger partial charge in [0.1, 0.15) is 5.76 Å². The average molecular weight is 397 g/mol. The van der Waals surface area contributed by atoms with Crippen LogP contribution in [0.5, 0.6) is 0 Å². The summed E-state index contributed by atoms with van der Waals surface area (Å²) in [5.74, 6) is -0.0538. The van der Waals surface area contributed by atoms with E-state index >= 15 is 0 Å². The number of nitrogens with one attached hydrogen (secondary N) is 2. The third kappa shape index (κ3) is 8.94. The molecule has 0 spiro atoms. The summed E-state index contributed by atoms with van der Waals surface area (Å²) in [4.78, 5) is 35.3. The number of carbonyl (C=O) groups is 3. The molecular weight excluding hydrogens is 370 g/mol. The molecule has 1 aliphatic rings. The smallest absolute Gasteiger partial charge is 0.316 e. The van der Waals surface area contributed by atoms with Crippen molar-refractivity contribution in [1.82, 2.24) is 10.5 Å². The number of anilines is 1. The van der Waals surface area contributed by atoms with Crippen LogP contribution in [0, 0.1) is 6.92 Å². The molecule has 8 nitrogen and oxygen atoms in total. The molecule has 1 aromatic heterocycles. The van der Waals surface area contributed by atoms with Crippen molar-refractivity contribution in [3.8, 4) is 0 Å². The Morgan fingerprint density at radius 1 is 1.15 bits per heavy atom. The molecule has 2 amide bonds. The summed E-state index contributed by atoms with van der Waals surface area (Å²) in [5, 5.41) is 9.16. The Bertz CT molecular complexity index is 626. The number of aryl methyl sites for hydroxylation is 1. The van der Waals surface area contributed by atoms with E-state index in [-0.39, 0.29) is 36.0 Å². The van der Waals surface area contributed by atoms with E-state index in [1.807, 2.05) is 0 Å². The quantitative estimate of drug-likeness (QED) is 0.648. The molecule has 1 aliphatic carbocycles. The van der Waals surface area contributed by atoms with E-state index in [0.717, 1.165) is 37.4 Å². The van der Waals surface area contributed by atoms with E-state index in [2.05, 4.69) is 15.8 Å². The van der Waals surface area contributed by atoms with Crippen LogP contribution in [0.2, 0.25) is 0 Å². The summed E-state index contributed by atoms with van der Waals surface area (Å²) in [6.45, 7) is 1.45. The van der Waals surface area contributed by atoms with Gasteiger partial charge in [0.05, 0.1) is 11.5 Å². The van der Waals surface area contributed by atoms with Crippen LogP contribution >= 0.6 is 11.8 Å². The molecule has 1 fully saturated rings. The second-order valence-corrected chi connectivity index (χ2v) is 7.62. The number of rotatable bonds is 8. The molecule has 9 heteroatoms. The normalized spacial score (nSPS) is 15.4. The lowest BCUT2D eigenvalue weighted by molar-refractivity contribution is -0.146. The second kappa shape index (κ2) is 11.6. The summed E-state index contributed by atoms with van der Waals surface area (Å²) in [7, 11) is 0. The highest BCUT2D eigenvalue weighted by molar-refractivity contribution is 8.00. The predicted molar refractivity (Wildman–Crippen MR) is 102 cm³/mol. The molecule has 0 atom stereocenters. The first kappa shape index (κ1) is 21.3. The van der Waals surface area contributed by atoms with Gasteiger partial charge in [0.15, 0.2) is 12.4 Å². The number of amides is 2. The van der Waals surface area contributed by atoms with Gasteiger partial charge in [-0.15, -0.1) is 11.8 Å². The van der Waals surface area contributed by atoms with E-state index in [1.165, 1.54) is 19.3 Å². The molecule has 1 heterocycles. The maximum Gasteiger partial charge on any atom is 0.316 e. The molecule has 150 valence electrons. The second-order valence-electron chi connectivity index (χ2n) is 6.63. The van der Waals surface area contributed by atoms with Crippen molar-refractivity contribution in [2.45, 2.75) is 57.9 Å². The summed E-state index contributed by atoms with van der Waals surface area (Å²) >= 11 is 1.11. The summed E-state index contributed by atoms with van der Waals surface area (Å²) < 4.78 is 9.82. The van der Waals surface area contributed by atoms with E-state index in [0.29, 0.717) is 11.6 Å². The third-order valence-corrected chi connectivity index (χ3v) is 5.09. The van der Waals surface area contributed by atoms with E-state index in [1.54, 1.807) is 13.0 Å². The lowest BCUT2D eigenvalue weighted by Crippen LogP contribution is -2.38. The standard InChI is InChI=1S/C18H27N3O5S/c1-13-9-15(21-26-13)20-17(23)11-27-12-18(24)25-10-16(22)19-14-7-5-3-2-4-6-8-14/h9,14H,2-8,10-12H2,1H3,(H,19,22)(H,20,21,23). The minimum Gasteiger partial charge on any atom is -0.455 e. The van der Waals surface area contributed by atoms with Gasteiger partial charge in [-0.25, -0.2) is 0 Å². The first-order valence-electron chi connectivity index (χ1n) is 9.29. The van der Waals surface area contributed by atoms with Crippen molar-refractivity contribution in [1.29, 1.82) is 0 Å². The molecule has 2 N–H and O–H groups in total. The van der Waals surface area contributed by atoms with Gasteiger partial charge in [0.2, 0.25) is 5.91 Å². The van der Waals surface area contributed by atoms with Crippen molar-refractivity contribution in [2.75, 3.05) is 23.4 Å². The number of ether oxygens (including phenoxy) is 1. The number of hydrogen-bond acceptors (Lipinski definition) is 7. The Morgan fingerprint density at radius 2 is 1.85 bits per heavy atom. The minimum atomic E-state index is -0.516. The van der Waals surface area contributed by atoms with Gasteiger partial charge in [-0.1, -0.05) is 37.3 Å². The highest BCUT2D eigenvalue weighted by atomic mass is 32.2. The Morgan fingerprint density at radius 3 is 2.52 bits per heavy atom. The van der Waals surface area contributed by atoms with Gasteiger partial charge in [0.25, 0.3) is 5.91 Å². The fourth-order valence-electron chi connectivity index (χ4n) is 2.89. The molecule has 2 rings (SSSR count). The Hall–Kier alpha value is -2.03. The molecule has 0 radical (unpaired) electrons. The number of aromatic nitrogens is 1. The lowest BCUT2D eigenvalue weighted by Gasteiger charge is -2.20. The van der Waals surface area contributed by atoms with E-state index in [9.17, 15) is 14.4 Å². The molecule has 0 bridgehead atoms. The fraction of sp³-hybridized carbons (Fsp3) is 0.667. The zero-order valence-electron chi connectivity index (χ0n) is 15.6. The van der Waals surface area contributed by atoms with Gasteiger partial charge in [-0.2, -0.15) is 0 Å². The summed E-state index contributed by atoms with van der Waals surface area (Å²) in [6, 6.07) is 1.78. The number of esters is 1. The van der Waals surface area contributed by atoms with Crippen LogP contribution in [0.1, 0.15) is 50.7 Å². The first-order valence-corrected chi connectivity index (χ1v) is 10.4. The van der Waals surface area contributed by atoms with Crippen molar-refractivity contribution >= 4 is 35.4 Å². The molecule has 0 aromatic carbocycles. The van der Waals surface area contributed by atoms with Gasteiger partial charge in [-0.3, -0.25) is 14.4 Å². The van der Waals surface area contributed by atoms with Crippen molar-refractivity contribution in [2.24, 2.45) is 0 Å². The molecule has 1 saturated carbocycles. The minimum absolute atomic E-state index is 0.00196.